The SMILES string of the molecule is [Cl-].[Cl-].[Cl-].[Cl-].[Cl-].[Cl-].[K+].[K+].[Na+].[Na+].[Na+].[Na+]. The van der Waals surface area contributed by atoms with Crippen LogP contribution >= 0.6 is 0 Å². The molecule has 0 aromatic carbocycles. The first kappa shape index (κ1) is 104. The molecule has 0 aromatic heterocycles. The van der Waals surface area contributed by atoms with E-state index in [1.807, 2.05) is 0 Å². The predicted octanol–water partition coefficient (Wildman–Crippen LogP) is -36.0. The summed E-state index contributed by atoms with van der Waals surface area (Å²) < 4.78 is 0. The molecule has 0 radical (unpaired) electrons. The van der Waals surface area contributed by atoms with E-state index < -0.39 is 0 Å². The first-order chi connectivity index (χ1) is 0. The standard InChI is InChI=1S/6ClH.2K.4Na/h6*1H;;;;;;/q;;;;;;6*+1/p-6. The van der Waals surface area contributed by atoms with Gasteiger partial charge < -0.3 is 74.4 Å². The molecule has 12 heavy (non-hydrogen) atoms. The quantitative estimate of drug-likeness (QED) is 0.365. The van der Waals surface area contributed by atoms with Gasteiger partial charge in [0.05, 0.1) is 0 Å². The molecule has 48 valence electrons. The average molecular weight is 383 g/mol. The summed E-state index contributed by atoms with van der Waals surface area (Å²) in [5.74, 6) is 0. The van der Waals surface area contributed by atoms with Crippen LogP contribution in [0.15, 0.2) is 0 Å². The Hall–Kier alpha value is 9.01. The molecule has 12 heteroatoms. The van der Waals surface area contributed by atoms with Gasteiger partial charge in [0.1, 0.15) is 0 Å². The summed E-state index contributed by atoms with van der Waals surface area (Å²) in [7, 11) is 0. The third-order valence-corrected chi connectivity index (χ3v) is 0. The third kappa shape index (κ3) is 75.9. The van der Waals surface area contributed by atoms with Crippen LogP contribution in [0.2, 0.25) is 0 Å². The Kier molecular flexibility index (Phi) is 769. The second kappa shape index (κ2) is 89.1. The van der Waals surface area contributed by atoms with E-state index in [1.54, 1.807) is 0 Å². The van der Waals surface area contributed by atoms with Gasteiger partial charge in [-0.1, -0.05) is 0 Å². The van der Waals surface area contributed by atoms with Crippen LogP contribution in [0, 0.1) is 0 Å². The molecule has 0 rings (SSSR count). The number of rotatable bonds is 0. The van der Waals surface area contributed by atoms with Crippen molar-refractivity contribution in [2.75, 3.05) is 0 Å². The normalized spacial score (nSPS) is 0. The summed E-state index contributed by atoms with van der Waals surface area (Å²) in [5.41, 5.74) is 0. The molecule has 0 heterocycles. The van der Waals surface area contributed by atoms with Crippen LogP contribution in [0.25, 0.3) is 0 Å². The summed E-state index contributed by atoms with van der Waals surface area (Å²) in [4.78, 5) is 0. The summed E-state index contributed by atoms with van der Waals surface area (Å²) in [6, 6.07) is 0. The molecule has 0 bridgehead atoms. The van der Waals surface area contributed by atoms with Gasteiger partial charge in [-0.15, -0.1) is 0 Å². The van der Waals surface area contributed by atoms with Gasteiger partial charge in [0.25, 0.3) is 0 Å². The second-order valence-corrected chi connectivity index (χ2v) is 0. The van der Waals surface area contributed by atoms with E-state index in [0.29, 0.717) is 0 Å². The van der Waals surface area contributed by atoms with Gasteiger partial charge in [0, 0.05) is 0 Å². The van der Waals surface area contributed by atoms with E-state index in [0.717, 1.165) is 0 Å². The summed E-state index contributed by atoms with van der Waals surface area (Å²) in [6.07, 6.45) is 0. The minimum Gasteiger partial charge on any atom is -1.00 e. The molecule has 0 aliphatic carbocycles. The van der Waals surface area contributed by atoms with Crippen LogP contribution in [0.5, 0.6) is 0 Å². The van der Waals surface area contributed by atoms with Gasteiger partial charge in [-0.2, -0.15) is 0 Å². The predicted molar refractivity (Wildman–Crippen MR) is 0 cm³/mol. The van der Waals surface area contributed by atoms with E-state index >= 15 is 0 Å². The fourth-order valence-corrected chi connectivity index (χ4v) is 0. The van der Waals surface area contributed by atoms with Crippen LogP contribution in [-0.4, -0.2) is 0 Å². The van der Waals surface area contributed by atoms with Crippen molar-refractivity contribution in [1.82, 2.24) is 0 Å². The van der Waals surface area contributed by atoms with Crippen molar-refractivity contribution in [3.8, 4) is 0 Å². The van der Waals surface area contributed by atoms with Gasteiger partial charge in [0.2, 0.25) is 0 Å². The maximum absolute atomic E-state index is 0. The molecule has 0 amide bonds. The minimum absolute atomic E-state index is 0. The van der Waals surface area contributed by atoms with E-state index in [9.17, 15) is 0 Å². The fraction of sp³-hybridized carbons (Fsp3) is 0. The van der Waals surface area contributed by atoms with Crippen LogP contribution in [-0.2, 0) is 0 Å². The smallest absolute Gasteiger partial charge is 1.00 e. The number of hydrogen-bond acceptors (Lipinski definition) is 0. The summed E-state index contributed by atoms with van der Waals surface area (Å²) in [5, 5.41) is 0. The van der Waals surface area contributed by atoms with Crippen molar-refractivity contribution in [3.05, 3.63) is 0 Å². The topological polar surface area (TPSA) is 0 Å². The van der Waals surface area contributed by atoms with E-state index in [4.69, 9.17) is 0 Å². The van der Waals surface area contributed by atoms with Crippen molar-refractivity contribution in [3.63, 3.8) is 0 Å². The third-order valence-electron chi connectivity index (χ3n) is 0. The maximum Gasteiger partial charge on any atom is 1.00 e. The Labute approximate surface area is 286 Å². The molecular weight excluding hydrogens is 383 g/mol. The molecule has 0 aromatic rings. The molecule has 0 aliphatic rings. The molecule has 0 nitrogen and oxygen atoms in total. The Morgan fingerprint density at radius 3 is 0.250 bits per heavy atom. The maximum atomic E-state index is 0. The molecule has 0 aliphatic heterocycles. The molecule has 0 saturated heterocycles. The molecular formula is Cl6K2Na4. The van der Waals surface area contributed by atoms with E-state index in [2.05, 4.69) is 0 Å². The molecule has 0 N–H and O–H groups in total. The first-order valence-electron chi connectivity index (χ1n) is 0. The van der Waals surface area contributed by atoms with Crippen molar-refractivity contribution in [2.24, 2.45) is 0 Å². The summed E-state index contributed by atoms with van der Waals surface area (Å²) >= 11 is 0. The van der Waals surface area contributed by atoms with Crippen LogP contribution in [0.1, 0.15) is 0 Å². The first-order valence-corrected chi connectivity index (χ1v) is 0. The van der Waals surface area contributed by atoms with Crippen molar-refractivity contribution < 1.29 is 295 Å². The average Bonchev–Trinajstić information content (AvgIpc) is 0. The molecule has 0 spiro atoms. The van der Waals surface area contributed by atoms with Gasteiger partial charge >= 0.3 is 221 Å². The molecule has 0 unspecified atom stereocenters. The Morgan fingerprint density at radius 1 is 0.250 bits per heavy atom. The Bertz CT molecular complexity index is 17.5. The van der Waals surface area contributed by atoms with Crippen LogP contribution < -0.4 is 295 Å². The number of halogens is 6. The zero-order valence-corrected chi connectivity index (χ0v) is 27.0. The monoisotopic (exact) mass is 380 g/mol. The fourth-order valence-electron chi connectivity index (χ4n) is 0. The van der Waals surface area contributed by atoms with Gasteiger partial charge in [-0.05, 0) is 0 Å². The Morgan fingerprint density at radius 2 is 0.250 bits per heavy atom. The summed E-state index contributed by atoms with van der Waals surface area (Å²) in [6.45, 7) is 0. The molecule has 0 atom stereocenters. The van der Waals surface area contributed by atoms with E-state index in [-0.39, 0.29) is 295 Å². The van der Waals surface area contributed by atoms with Gasteiger partial charge in [0.15, 0.2) is 0 Å². The zero-order valence-electron chi connectivity index (χ0n) is 8.27. The van der Waals surface area contributed by atoms with Crippen LogP contribution in [0.4, 0.5) is 0 Å². The van der Waals surface area contributed by atoms with Gasteiger partial charge in [-0.3, -0.25) is 0 Å². The largest absolute Gasteiger partial charge is 1.00 e. The second-order valence-electron chi connectivity index (χ2n) is 0. The Balaban J connectivity index is 0. The number of hydrogen-bond donors (Lipinski definition) is 0. The van der Waals surface area contributed by atoms with Crippen molar-refractivity contribution >= 4 is 0 Å². The van der Waals surface area contributed by atoms with Crippen molar-refractivity contribution in [1.29, 1.82) is 0 Å². The van der Waals surface area contributed by atoms with Gasteiger partial charge in [-0.25, -0.2) is 0 Å². The zero-order chi connectivity index (χ0) is 0. The minimum atomic E-state index is 0. The van der Waals surface area contributed by atoms with Crippen molar-refractivity contribution in [2.45, 2.75) is 0 Å². The van der Waals surface area contributed by atoms with Crippen LogP contribution in [0.3, 0.4) is 0 Å². The van der Waals surface area contributed by atoms with E-state index in [1.165, 1.54) is 0 Å². The molecule has 0 saturated carbocycles. The molecule has 0 fully saturated rings.